The van der Waals surface area contributed by atoms with Crippen molar-refractivity contribution in [2.45, 2.75) is 25.3 Å². The molecule has 0 aliphatic carbocycles. The lowest BCUT2D eigenvalue weighted by Gasteiger charge is -2.42. The van der Waals surface area contributed by atoms with Crippen molar-refractivity contribution in [2.75, 3.05) is 29.1 Å². The van der Waals surface area contributed by atoms with E-state index in [1.165, 1.54) is 11.3 Å². The van der Waals surface area contributed by atoms with Gasteiger partial charge >= 0.3 is 0 Å². The zero-order valence-electron chi connectivity index (χ0n) is 13.3. The van der Waals surface area contributed by atoms with Gasteiger partial charge in [0.2, 0.25) is 17.8 Å². The Morgan fingerprint density at radius 3 is 2.33 bits per heavy atom. The largest absolute Gasteiger partial charge is 0.467 e. The summed E-state index contributed by atoms with van der Waals surface area (Å²) in [5.41, 5.74) is 2.89. The molecule has 3 heterocycles. The summed E-state index contributed by atoms with van der Waals surface area (Å²) in [6, 6.07) is 3.09. The smallest absolute Gasteiger partial charge is 0.262 e. The number of hydrogen-bond donors (Lipinski definition) is 3. The number of rotatable bonds is 7. The average Bonchev–Trinajstić information content (AvgIpc) is 3.08. The van der Waals surface area contributed by atoms with Gasteiger partial charge in [-0.15, -0.1) is 11.6 Å². The number of alkyl halides is 1. The fourth-order valence-electron chi connectivity index (χ4n) is 2.32. The van der Waals surface area contributed by atoms with Crippen LogP contribution < -0.4 is 16.1 Å². The Hall–Kier alpha value is -2.55. The number of aromatic nitrogens is 3. The molecule has 0 aromatic carbocycles. The molecule has 24 heavy (non-hydrogen) atoms. The second-order valence-corrected chi connectivity index (χ2v) is 5.52. The average molecular weight is 352 g/mol. The first-order valence-corrected chi connectivity index (χ1v) is 8.08. The molecule has 9 nitrogen and oxygen atoms in total. The first-order valence-electron chi connectivity index (χ1n) is 7.65. The van der Waals surface area contributed by atoms with E-state index in [1.54, 1.807) is 12.1 Å². The predicted octanol–water partition coefficient (Wildman–Crippen LogP) is 1.85. The molecule has 0 saturated carbocycles. The van der Waals surface area contributed by atoms with Crippen molar-refractivity contribution in [3.63, 3.8) is 0 Å². The maximum Gasteiger partial charge on any atom is 0.262 e. The minimum atomic E-state index is -0.688. The van der Waals surface area contributed by atoms with E-state index in [9.17, 15) is 4.79 Å². The summed E-state index contributed by atoms with van der Waals surface area (Å²) < 4.78 is 5.35. The van der Waals surface area contributed by atoms with Crippen LogP contribution in [0.4, 0.5) is 17.8 Å². The fraction of sp³-hybridized carbons (Fsp3) is 0.429. The van der Waals surface area contributed by atoms with Crippen molar-refractivity contribution < 1.29 is 9.21 Å². The quantitative estimate of drug-likeness (QED) is 0.512. The summed E-state index contributed by atoms with van der Waals surface area (Å²) in [5.74, 6) is 1.39. The Kier molecular flexibility index (Phi) is 4.70. The number of furan rings is 1. The summed E-state index contributed by atoms with van der Waals surface area (Å²) in [4.78, 5) is 24.8. The van der Waals surface area contributed by atoms with E-state index in [-0.39, 0.29) is 11.9 Å². The second kappa shape index (κ2) is 6.91. The standard InChI is InChI=1S/C14H18ClN7O2/c1-3-16-12-18-13(17-4-2)20-14(19-12)21-22-10(9(15)11(22)23)8-6-5-7-24-8/h5-7,9-10H,3-4H2,1-2H3,(H3,16,17,18,19,20,21). The summed E-state index contributed by atoms with van der Waals surface area (Å²) in [7, 11) is 0. The maximum absolute atomic E-state index is 12.1. The number of halogens is 1. The molecule has 1 saturated heterocycles. The Morgan fingerprint density at radius 2 is 1.79 bits per heavy atom. The number of hydrogen-bond acceptors (Lipinski definition) is 8. The van der Waals surface area contributed by atoms with E-state index >= 15 is 0 Å². The summed E-state index contributed by atoms with van der Waals surface area (Å²) in [6.45, 7) is 5.20. The first-order chi connectivity index (χ1) is 11.6. The number of hydrazine groups is 1. The lowest BCUT2D eigenvalue weighted by atomic mass is 10.0. The van der Waals surface area contributed by atoms with Gasteiger partial charge in [0.1, 0.15) is 17.2 Å². The van der Waals surface area contributed by atoms with Crippen LogP contribution in [0.15, 0.2) is 22.8 Å². The van der Waals surface area contributed by atoms with E-state index in [2.05, 4.69) is 31.0 Å². The van der Waals surface area contributed by atoms with Gasteiger partial charge in [-0.05, 0) is 26.0 Å². The van der Waals surface area contributed by atoms with Gasteiger partial charge < -0.3 is 15.1 Å². The SMILES string of the molecule is CCNc1nc(NCC)nc(NN2C(=O)C(Cl)C2c2ccco2)n1. The van der Waals surface area contributed by atoms with Crippen LogP contribution in [-0.4, -0.2) is 44.3 Å². The highest BCUT2D eigenvalue weighted by Gasteiger charge is 2.49. The minimum absolute atomic E-state index is 0.241. The third-order valence-corrected chi connectivity index (χ3v) is 3.81. The summed E-state index contributed by atoms with van der Waals surface area (Å²) >= 11 is 6.11. The molecular weight excluding hydrogens is 334 g/mol. The third kappa shape index (κ3) is 3.07. The van der Waals surface area contributed by atoms with Crippen molar-refractivity contribution in [3.05, 3.63) is 24.2 Å². The minimum Gasteiger partial charge on any atom is -0.467 e. The number of carbonyl (C=O) groups excluding carboxylic acids is 1. The Bertz CT molecular complexity index is 685. The molecule has 0 bridgehead atoms. The number of anilines is 3. The molecule has 3 rings (SSSR count). The maximum atomic E-state index is 12.1. The highest BCUT2D eigenvalue weighted by molar-refractivity contribution is 6.33. The highest BCUT2D eigenvalue weighted by atomic mass is 35.5. The highest BCUT2D eigenvalue weighted by Crippen LogP contribution is 2.38. The van der Waals surface area contributed by atoms with Crippen molar-refractivity contribution >= 4 is 35.4 Å². The van der Waals surface area contributed by atoms with Gasteiger partial charge in [-0.2, -0.15) is 15.0 Å². The number of β-lactam (4-membered cyclic amide) rings is 1. The van der Waals surface area contributed by atoms with Crippen LogP contribution in [0.3, 0.4) is 0 Å². The lowest BCUT2D eigenvalue weighted by molar-refractivity contribution is -0.143. The van der Waals surface area contributed by atoms with Crippen LogP contribution in [-0.2, 0) is 4.79 Å². The van der Waals surface area contributed by atoms with Crippen molar-refractivity contribution in [2.24, 2.45) is 0 Å². The zero-order chi connectivity index (χ0) is 17.1. The number of nitrogens with one attached hydrogen (secondary N) is 3. The zero-order valence-corrected chi connectivity index (χ0v) is 14.0. The van der Waals surface area contributed by atoms with Gasteiger partial charge in [0.25, 0.3) is 5.91 Å². The predicted molar refractivity (Wildman–Crippen MR) is 89.7 cm³/mol. The monoisotopic (exact) mass is 351 g/mol. The molecule has 0 radical (unpaired) electrons. The topological polar surface area (TPSA) is 108 Å². The van der Waals surface area contributed by atoms with Crippen LogP contribution in [0.25, 0.3) is 0 Å². The first kappa shape index (κ1) is 16.3. The van der Waals surface area contributed by atoms with Gasteiger partial charge in [0.05, 0.1) is 6.26 Å². The molecule has 1 aliphatic rings. The van der Waals surface area contributed by atoms with Gasteiger partial charge in [-0.25, -0.2) is 5.01 Å². The molecule has 128 valence electrons. The van der Waals surface area contributed by atoms with E-state index < -0.39 is 11.4 Å². The van der Waals surface area contributed by atoms with Crippen LogP contribution in [0.5, 0.6) is 0 Å². The molecule has 0 spiro atoms. The molecule has 2 atom stereocenters. The molecule has 10 heteroatoms. The van der Waals surface area contributed by atoms with Gasteiger partial charge in [-0.3, -0.25) is 10.2 Å². The van der Waals surface area contributed by atoms with Gasteiger partial charge in [0.15, 0.2) is 0 Å². The number of carbonyl (C=O) groups is 1. The third-order valence-electron chi connectivity index (χ3n) is 3.39. The summed E-state index contributed by atoms with van der Waals surface area (Å²) in [5, 5.41) is 6.72. The molecule has 2 aromatic heterocycles. The lowest BCUT2D eigenvalue weighted by Crippen LogP contribution is -2.58. The van der Waals surface area contributed by atoms with E-state index in [4.69, 9.17) is 16.0 Å². The Labute approximate surface area is 143 Å². The van der Waals surface area contributed by atoms with E-state index in [0.717, 1.165) is 0 Å². The molecule has 1 aliphatic heterocycles. The molecule has 1 amide bonds. The van der Waals surface area contributed by atoms with Gasteiger partial charge in [-0.1, -0.05) is 0 Å². The normalized spacial score (nSPS) is 19.8. The molecule has 1 fully saturated rings. The second-order valence-electron chi connectivity index (χ2n) is 5.05. The van der Waals surface area contributed by atoms with Crippen molar-refractivity contribution in [3.8, 4) is 0 Å². The Morgan fingerprint density at radius 1 is 1.17 bits per heavy atom. The van der Waals surface area contributed by atoms with Crippen LogP contribution in [0.2, 0.25) is 0 Å². The molecule has 2 aromatic rings. The van der Waals surface area contributed by atoms with E-state index in [0.29, 0.717) is 30.7 Å². The molecule has 3 N–H and O–H groups in total. The van der Waals surface area contributed by atoms with Crippen LogP contribution in [0.1, 0.15) is 25.6 Å². The molecule has 2 unspecified atom stereocenters. The summed E-state index contributed by atoms with van der Waals surface area (Å²) in [6.07, 6.45) is 1.54. The fourth-order valence-corrected chi connectivity index (χ4v) is 2.66. The molecular formula is C14H18ClN7O2. The van der Waals surface area contributed by atoms with Crippen LogP contribution in [0, 0.1) is 0 Å². The van der Waals surface area contributed by atoms with Crippen LogP contribution >= 0.6 is 11.6 Å². The van der Waals surface area contributed by atoms with Gasteiger partial charge in [0, 0.05) is 13.1 Å². The van der Waals surface area contributed by atoms with E-state index in [1.807, 2.05) is 13.8 Å². The van der Waals surface area contributed by atoms with Crippen molar-refractivity contribution in [1.29, 1.82) is 0 Å². The number of amides is 1. The van der Waals surface area contributed by atoms with Crippen molar-refractivity contribution in [1.82, 2.24) is 20.0 Å². The Balaban J connectivity index is 1.82. The number of nitrogens with zero attached hydrogens (tertiary/aromatic N) is 4.